The van der Waals surface area contributed by atoms with E-state index in [9.17, 15) is 4.57 Å². The van der Waals surface area contributed by atoms with Crippen molar-refractivity contribution in [3.05, 3.63) is 0 Å². The highest BCUT2D eigenvalue weighted by atomic mass is 31.2. The summed E-state index contributed by atoms with van der Waals surface area (Å²) in [6.07, 6.45) is 45.1. The highest BCUT2D eigenvalue weighted by Crippen LogP contribution is 2.58. The van der Waals surface area contributed by atoms with Crippen LogP contribution in [0.15, 0.2) is 0 Å². The Morgan fingerprint density at radius 2 is 0.800 bits per heavy atom. The molecule has 3 saturated heterocycles. The zero-order valence-electron chi connectivity index (χ0n) is 34.3. The molecule has 3 heterocycles. The zero-order valence-corrected chi connectivity index (χ0v) is 35.2. The van der Waals surface area contributed by atoms with Gasteiger partial charge in [0, 0.05) is 18.0 Å². The second kappa shape index (κ2) is 30.4. The summed E-state index contributed by atoms with van der Waals surface area (Å²) in [4.78, 5) is 2.36. The van der Waals surface area contributed by atoms with Crippen molar-refractivity contribution in [2.24, 2.45) is 5.92 Å². The van der Waals surface area contributed by atoms with Gasteiger partial charge in [-0.1, -0.05) is 206 Å². The first kappa shape index (κ1) is 46.2. The van der Waals surface area contributed by atoms with E-state index in [0.29, 0.717) is 19.1 Å². The minimum atomic E-state index is -3.57. The number of hydrogen-bond acceptors (Lipinski definition) is 5. The summed E-state index contributed by atoms with van der Waals surface area (Å²) in [5.74, 6) is 0.405. The number of rotatable bonds is 38. The lowest BCUT2D eigenvalue weighted by molar-refractivity contribution is -0.235. The van der Waals surface area contributed by atoms with Crippen molar-refractivity contribution in [3.8, 4) is 0 Å². The fourth-order valence-corrected chi connectivity index (χ4v) is 9.86. The maximum absolute atomic E-state index is 13.9. The van der Waals surface area contributed by atoms with Crippen LogP contribution < -0.4 is 0 Å². The molecule has 0 spiro atoms. The van der Waals surface area contributed by atoms with E-state index < -0.39 is 7.82 Å². The van der Waals surface area contributed by atoms with Gasteiger partial charge in [0.15, 0.2) is 0 Å². The summed E-state index contributed by atoms with van der Waals surface area (Å²) in [6, 6.07) is 0. The Balaban J connectivity index is 1.50. The van der Waals surface area contributed by atoms with Crippen molar-refractivity contribution in [3.63, 3.8) is 0 Å². The van der Waals surface area contributed by atoms with E-state index in [0.717, 1.165) is 38.6 Å². The highest BCUT2D eigenvalue weighted by Gasteiger charge is 2.59. The Labute approximate surface area is 313 Å². The molecule has 0 aromatic carbocycles. The number of nitrogens with zero attached hydrogens (tertiary/aromatic N) is 1. The Hall–Kier alpha value is 0.0700. The number of hydrogen-bond donors (Lipinski definition) is 0. The number of phosphoric acid groups is 1. The molecule has 0 N–H and O–H groups in total. The molecule has 3 fully saturated rings. The van der Waals surface area contributed by atoms with Gasteiger partial charge in [-0.05, 0) is 39.5 Å². The van der Waals surface area contributed by atoms with Crippen LogP contribution in [0.3, 0.4) is 0 Å². The van der Waals surface area contributed by atoms with Crippen molar-refractivity contribution in [1.29, 1.82) is 0 Å². The molecule has 0 radical (unpaired) electrons. The summed E-state index contributed by atoms with van der Waals surface area (Å²) in [6.45, 7) is 11.1. The Kier molecular flexibility index (Phi) is 28.1. The van der Waals surface area contributed by atoms with E-state index in [1.807, 2.05) is 0 Å². The fourth-order valence-electron chi connectivity index (χ4n) is 8.43. The first-order valence-electron chi connectivity index (χ1n) is 22.8. The van der Waals surface area contributed by atoms with Gasteiger partial charge in [-0.3, -0.25) is 18.5 Å². The van der Waals surface area contributed by atoms with Gasteiger partial charge in [0.25, 0.3) is 0 Å². The third-order valence-electron chi connectivity index (χ3n) is 11.9. The average molecular weight is 726 g/mol. The van der Waals surface area contributed by atoms with Gasteiger partial charge >= 0.3 is 7.82 Å². The molecule has 2 bridgehead atoms. The molecular formula is C44H88NO4P. The Bertz CT molecular complexity index is 751. The molecule has 5 nitrogen and oxygen atoms in total. The number of fused-ring (bicyclic) bond motifs is 2. The van der Waals surface area contributed by atoms with Gasteiger partial charge in [0.2, 0.25) is 0 Å². The van der Waals surface area contributed by atoms with Crippen LogP contribution in [-0.2, 0) is 18.1 Å². The highest BCUT2D eigenvalue weighted by molar-refractivity contribution is 7.48. The van der Waals surface area contributed by atoms with Crippen LogP contribution in [-0.4, -0.2) is 36.4 Å². The number of phosphoric ester groups is 1. The predicted octanol–water partition coefficient (Wildman–Crippen LogP) is 15.5. The topological polar surface area (TPSA) is 48.0 Å². The quantitative estimate of drug-likeness (QED) is 0.0468. The van der Waals surface area contributed by atoms with E-state index in [4.69, 9.17) is 13.6 Å². The predicted molar refractivity (Wildman–Crippen MR) is 217 cm³/mol. The number of piperidine rings is 2. The standard InChI is InChI=1S/C44H88NO4P/c1-5-7-9-11-13-15-17-19-21-23-25-27-29-31-33-35-40-47-50(46,49-43-42-38-37-39-45(43)44(42,3)4)48-41-36-34-32-30-28-26-24-22-20-18-16-14-12-10-8-6-2/h42-43H,5-41H2,1-4H3. The molecule has 6 heteroatoms. The first-order chi connectivity index (χ1) is 24.4. The molecule has 3 atom stereocenters. The van der Waals surface area contributed by atoms with Crippen molar-refractivity contribution in [2.45, 2.75) is 258 Å². The van der Waals surface area contributed by atoms with Crippen LogP contribution in [0.4, 0.5) is 0 Å². The molecule has 0 amide bonds. The van der Waals surface area contributed by atoms with Crippen LogP contribution in [0.2, 0.25) is 0 Å². The molecule has 50 heavy (non-hydrogen) atoms. The smallest absolute Gasteiger partial charge is 0.287 e. The first-order valence-corrected chi connectivity index (χ1v) is 24.2. The number of unbranched alkanes of at least 4 members (excludes halogenated alkanes) is 30. The van der Waals surface area contributed by atoms with E-state index in [2.05, 4.69) is 32.6 Å². The molecule has 0 saturated carbocycles. The van der Waals surface area contributed by atoms with E-state index >= 15 is 0 Å². The average Bonchev–Trinajstić information content (AvgIpc) is 3.11. The second-order valence-corrected chi connectivity index (χ2v) is 18.4. The summed E-state index contributed by atoms with van der Waals surface area (Å²) in [7, 11) is -3.57. The third-order valence-corrected chi connectivity index (χ3v) is 13.4. The summed E-state index contributed by atoms with van der Waals surface area (Å²) in [5, 5.41) is 0. The fraction of sp³-hybridized carbons (Fsp3) is 1.00. The van der Waals surface area contributed by atoms with Gasteiger partial charge in [-0.25, -0.2) is 4.57 Å². The van der Waals surface area contributed by atoms with Crippen LogP contribution in [0.25, 0.3) is 0 Å². The lowest BCUT2D eigenvalue weighted by atomic mass is 9.69. The summed E-state index contributed by atoms with van der Waals surface area (Å²) >= 11 is 0. The normalized spacial score (nSPS) is 20.0. The van der Waals surface area contributed by atoms with Crippen molar-refractivity contribution in [2.75, 3.05) is 19.8 Å². The largest absolute Gasteiger partial charge is 0.476 e. The SMILES string of the molecule is CCCCCCCCCCCCCCCCCCOP(=O)(OCCCCCCCCCCCCCCCCCC)OC1C2CCCN1C2(C)C. The Morgan fingerprint density at radius 3 is 1.06 bits per heavy atom. The van der Waals surface area contributed by atoms with Crippen molar-refractivity contribution < 1.29 is 18.1 Å². The Morgan fingerprint density at radius 1 is 0.500 bits per heavy atom. The van der Waals surface area contributed by atoms with Crippen LogP contribution in [0.1, 0.15) is 246 Å². The molecule has 3 unspecified atom stereocenters. The minimum absolute atomic E-state index is 0.121. The lowest BCUT2D eigenvalue weighted by Gasteiger charge is -2.64. The van der Waals surface area contributed by atoms with Crippen LogP contribution in [0.5, 0.6) is 0 Å². The summed E-state index contributed by atoms with van der Waals surface area (Å²) in [5.41, 5.74) is 0.121. The van der Waals surface area contributed by atoms with Gasteiger partial charge in [-0.2, -0.15) is 0 Å². The molecule has 298 valence electrons. The second-order valence-electron chi connectivity index (χ2n) is 16.8. The van der Waals surface area contributed by atoms with Gasteiger partial charge in [-0.15, -0.1) is 0 Å². The lowest BCUT2D eigenvalue weighted by Crippen LogP contribution is -2.73. The zero-order chi connectivity index (χ0) is 36.0. The molecule has 3 aliphatic heterocycles. The maximum atomic E-state index is 13.9. The van der Waals surface area contributed by atoms with E-state index in [1.165, 1.54) is 186 Å². The molecule has 0 aliphatic carbocycles. The molecular weight excluding hydrogens is 637 g/mol. The van der Waals surface area contributed by atoms with Crippen molar-refractivity contribution >= 4 is 7.82 Å². The van der Waals surface area contributed by atoms with Gasteiger partial charge < -0.3 is 0 Å². The maximum Gasteiger partial charge on any atom is 0.476 e. The van der Waals surface area contributed by atoms with Gasteiger partial charge in [0.1, 0.15) is 6.23 Å². The molecule has 3 aliphatic rings. The monoisotopic (exact) mass is 726 g/mol. The summed E-state index contributed by atoms with van der Waals surface area (Å²) < 4.78 is 32.2. The minimum Gasteiger partial charge on any atom is -0.287 e. The van der Waals surface area contributed by atoms with Gasteiger partial charge in [0.05, 0.1) is 13.2 Å². The van der Waals surface area contributed by atoms with Crippen LogP contribution in [0, 0.1) is 5.92 Å². The molecule has 0 aromatic rings. The van der Waals surface area contributed by atoms with Crippen molar-refractivity contribution in [1.82, 2.24) is 4.90 Å². The van der Waals surface area contributed by atoms with E-state index in [1.54, 1.807) is 0 Å². The molecule has 0 aromatic heterocycles. The van der Waals surface area contributed by atoms with E-state index in [-0.39, 0.29) is 11.8 Å². The third kappa shape index (κ3) is 21.1. The van der Waals surface area contributed by atoms with Crippen LogP contribution >= 0.6 is 7.82 Å². The molecule has 3 rings (SSSR count).